The summed E-state index contributed by atoms with van der Waals surface area (Å²) < 4.78 is 51.0. The maximum atomic E-state index is 12.1. The smallest absolute Gasteiger partial charge is 0.387 e. The molecular weight excluding hydrogens is 533 g/mol. The van der Waals surface area contributed by atoms with Crippen molar-refractivity contribution < 1.29 is 66.2 Å². The minimum atomic E-state index is -5.78. The quantitative estimate of drug-likeness (QED) is 0.123. The van der Waals surface area contributed by atoms with Crippen LogP contribution in [0, 0.1) is 0 Å². The second-order valence-electron chi connectivity index (χ2n) is 6.63. The Hall–Kier alpha value is -1.62. The van der Waals surface area contributed by atoms with Gasteiger partial charge in [-0.3, -0.25) is 23.7 Å². The number of aromatic amines is 1. The SMILES string of the molecule is CC(=O)/C=C/c1cn([C@@H]2O[C@H](COP(=O)(O)OP(=O)(O)OP(=O)(O)O)C(O)[C@@H]2O)c(=O)[nH]c1=O. The molecule has 0 saturated carbocycles. The Labute approximate surface area is 188 Å². The zero-order valence-corrected chi connectivity index (χ0v) is 19.5. The summed E-state index contributed by atoms with van der Waals surface area (Å²) in [6.45, 7) is 0.0940. The van der Waals surface area contributed by atoms with Crippen LogP contribution >= 0.6 is 23.5 Å². The van der Waals surface area contributed by atoms with Crippen molar-refractivity contribution >= 4 is 35.3 Å². The highest BCUT2D eigenvalue weighted by atomic mass is 31.3. The van der Waals surface area contributed by atoms with Gasteiger partial charge in [0.2, 0.25) is 0 Å². The highest BCUT2D eigenvalue weighted by molar-refractivity contribution is 7.66. The Morgan fingerprint density at radius 3 is 2.29 bits per heavy atom. The monoisotopic (exact) mass is 552 g/mol. The van der Waals surface area contributed by atoms with Crippen molar-refractivity contribution in [3.8, 4) is 0 Å². The number of ether oxygens (including phenoxy) is 1. The van der Waals surface area contributed by atoms with Crippen LogP contribution in [-0.2, 0) is 36.4 Å². The lowest BCUT2D eigenvalue weighted by molar-refractivity contribution is -0.112. The Morgan fingerprint density at radius 2 is 1.74 bits per heavy atom. The van der Waals surface area contributed by atoms with Gasteiger partial charge >= 0.3 is 29.2 Å². The number of nitrogens with zero attached hydrogens (tertiary/aromatic N) is 1. The number of hydrogen-bond acceptors (Lipinski definition) is 12. The number of ketones is 1. The van der Waals surface area contributed by atoms with Gasteiger partial charge in [-0.25, -0.2) is 18.5 Å². The number of carbonyl (C=O) groups excluding carboxylic acids is 1. The molecule has 1 aromatic rings. The highest BCUT2D eigenvalue weighted by Gasteiger charge is 2.46. The van der Waals surface area contributed by atoms with E-state index in [-0.39, 0.29) is 5.56 Å². The molecule has 1 aromatic heterocycles. The van der Waals surface area contributed by atoms with Crippen LogP contribution in [0.4, 0.5) is 0 Å². The van der Waals surface area contributed by atoms with Crippen molar-refractivity contribution in [2.45, 2.75) is 31.5 Å². The maximum Gasteiger partial charge on any atom is 0.490 e. The number of carbonyl (C=O) groups is 1. The Bertz CT molecular complexity index is 1220. The van der Waals surface area contributed by atoms with Gasteiger partial charge in [0.15, 0.2) is 12.0 Å². The van der Waals surface area contributed by atoms with Gasteiger partial charge in [0.25, 0.3) is 5.56 Å². The molecule has 0 bridgehead atoms. The molecule has 192 valence electrons. The zero-order valence-electron chi connectivity index (χ0n) is 16.8. The maximum absolute atomic E-state index is 12.1. The van der Waals surface area contributed by atoms with E-state index in [9.17, 15) is 43.2 Å². The fourth-order valence-electron chi connectivity index (χ4n) is 2.58. The summed E-state index contributed by atoms with van der Waals surface area (Å²) in [5.74, 6) is -0.420. The van der Waals surface area contributed by atoms with Gasteiger partial charge in [0.05, 0.1) is 12.2 Å². The Balaban J connectivity index is 2.17. The van der Waals surface area contributed by atoms with E-state index in [1.165, 1.54) is 6.92 Å². The third-order valence-electron chi connectivity index (χ3n) is 3.92. The van der Waals surface area contributed by atoms with Crippen LogP contribution in [0.15, 0.2) is 21.9 Å². The summed E-state index contributed by atoms with van der Waals surface area (Å²) in [5.41, 5.74) is -2.16. The van der Waals surface area contributed by atoms with Crippen molar-refractivity contribution in [1.82, 2.24) is 9.55 Å². The van der Waals surface area contributed by atoms with E-state index in [1.807, 2.05) is 4.98 Å². The van der Waals surface area contributed by atoms with Crippen LogP contribution in [0.5, 0.6) is 0 Å². The first-order chi connectivity index (χ1) is 15.4. The van der Waals surface area contributed by atoms with Gasteiger partial charge in [-0.1, -0.05) is 0 Å². The summed E-state index contributed by atoms with van der Waals surface area (Å²) in [4.78, 5) is 72.5. The highest BCUT2D eigenvalue weighted by Crippen LogP contribution is 2.66. The van der Waals surface area contributed by atoms with Gasteiger partial charge in [0.1, 0.15) is 18.3 Å². The minimum absolute atomic E-state index is 0.197. The third kappa shape index (κ3) is 7.96. The summed E-state index contributed by atoms with van der Waals surface area (Å²) >= 11 is 0. The molecule has 21 heteroatoms. The number of nitrogens with one attached hydrogen (secondary N) is 1. The van der Waals surface area contributed by atoms with Gasteiger partial charge in [-0.05, 0) is 19.1 Å². The van der Waals surface area contributed by atoms with Crippen molar-refractivity contribution in [2.75, 3.05) is 6.61 Å². The van der Waals surface area contributed by atoms with E-state index < -0.39 is 71.6 Å². The molecule has 2 rings (SSSR count). The number of hydrogen-bond donors (Lipinski definition) is 7. The molecule has 6 atom stereocenters. The standard InChI is InChI=1S/C13H19N2O16P3/c1-6(16)2-3-7-4-15(13(20)14-11(7)19)12-10(18)9(17)8(29-12)5-28-33(24,25)31-34(26,27)30-32(21,22)23/h2-4,8-10,12,17-18H,5H2,1H3,(H,24,25)(H,26,27)(H,14,19,20)(H2,21,22,23)/b3-2+/t8-,9?,10+,12-/m1/s1. The second-order valence-corrected chi connectivity index (χ2v) is 11.0. The molecule has 2 heterocycles. The number of phosphoric acid groups is 3. The molecule has 7 N–H and O–H groups in total. The average molecular weight is 552 g/mol. The zero-order chi connectivity index (χ0) is 26.1. The number of aliphatic hydroxyl groups is 2. The van der Waals surface area contributed by atoms with Gasteiger partial charge in [0, 0.05) is 6.20 Å². The number of allylic oxidation sites excluding steroid dienone is 1. The lowest BCUT2D eigenvalue weighted by Crippen LogP contribution is -2.38. The lowest BCUT2D eigenvalue weighted by Gasteiger charge is -2.19. The first-order valence-electron chi connectivity index (χ1n) is 8.75. The first kappa shape index (κ1) is 28.6. The molecule has 0 spiro atoms. The number of phosphoric ester groups is 1. The van der Waals surface area contributed by atoms with Crippen molar-refractivity contribution in [3.05, 3.63) is 38.7 Å². The van der Waals surface area contributed by atoms with Crippen LogP contribution in [0.3, 0.4) is 0 Å². The van der Waals surface area contributed by atoms with Crippen molar-refractivity contribution in [1.29, 1.82) is 0 Å². The van der Waals surface area contributed by atoms with E-state index >= 15 is 0 Å². The second kappa shape index (κ2) is 10.6. The number of H-pyrrole nitrogens is 1. The summed E-state index contributed by atoms with van der Waals surface area (Å²) in [6, 6.07) is 0. The summed E-state index contributed by atoms with van der Waals surface area (Å²) in [6.07, 6.45) is -4.05. The van der Waals surface area contributed by atoms with Crippen molar-refractivity contribution in [3.63, 3.8) is 0 Å². The fourth-order valence-corrected chi connectivity index (χ4v) is 5.61. The molecular formula is C13H19N2O16P3. The van der Waals surface area contributed by atoms with Crippen LogP contribution in [-0.4, -0.2) is 70.0 Å². The molecule has 0 aliphatic carbocycles. The Kier molecular flexibility index (Phi) is 8.88. The molecule has 3 unspecified atom stereocenters. The number of rotatable bonds is 10. The molecule has 0 aromatic carbocycles. The minimum Gasteiger partial charge on any atom is -0.387 e. The molecule has 1 aliphatic heterocycles. The van der Waals surface area contributed by atoms with Crippen LogP contribution in [0.2, 0.25) is 0 Å². The molecule has 0 radical (unpaired) electrons. The first-order valence-corrected chi connectivity index (χ1v) is 13.3. The lowest BCUT2D eigenvalue weighted by atomic mass is 10.1. The van der Waals surface area contributed by atoms with Crippen LogP contribution in [0.1, 0.15) is 18.7 Å². The van der Waals surface area contributed by atoms with E-state index in [0.29, 0.717) is 4.57 Å². The Morgan fingerprint density at radius 1 is 1.12 bits per heavy atom. The van der Waals surface area contributed by atoms with Gasteiger partial charge in [-0.15, -0.1) is 0 Å². The van der Waals surface area contributed by atoms with E-state index in [4.69, 9.17) is 19.4 Å². The van der Waals surface area contributed by atoms with E-state index in [2.05, 4.69) is 13.1 Å². The predicted molar refractivity (Wildman–Crippen MR) is 107 cm³/mol. The largest absolute Gasteiger partial charge is 0.490 e. The third-order valence-corrected chi connectivity index (χ3v) is 7.72. The van der Waals surface area contributed by atoms with Crippen molar-refractivity contribution in [2.24, 2.45) is 0 Å². The van der Waals surface area contributed by atoms with Crippen LogP contribution in [0.25, 0.3) is 6.08 Å². The molecule has 1 aliphatic rings. The molecule has 34 heavy (non-hydrogen) atoms. The topological polar surface area (TPSA) is 281 Å². The summed E-state index contributed by atoms with van der Waals surface area (Å²) in [7, 11) is -16.9. The number of aliphatic hydroxyl groups excluding tert-OH is 2. The van der Waals surface area contributed by atoms with E-state index in [0.717, 1.165) is 18.3 Å². The molecule has 1 saturated heterocycles. The van der Waals surface area contributed by atoms with Gasteiger partial charge in [-0.2, -0.15) is 8.62 Å². The fraction of sp³-hybridized carbons (Fsp3) is 0.462. The van der Waals surface area contributed by atoms with Crippen LogP contribution < -0.4 is 11.2 Å². The number of aromatic nitrogens is 2. The normalized spacial score (nSPS) is 26.9. The van der Waals surface area contributed by atoms with E-state index in [1.54, 1.807) is 0 Å². The average Bonchev–Trinajstić information content (AvgIpc) is 2.91. The predicted octanol–water partition coefficient (Wildman–Crippen LogP) is -1.90. The molecule has 1 fully saturated rings. The summed E-state index contributed by atoms with van der Waals surface area (Å²) in [5, 5.41) is 20.3. The molecule has 18 nitrogen and oxygen atoms in total. The molecule has 0 amide bonds. The van der Waals surface area contributed by atoms with Gasteiger partial charge < -0.3 is 34.5 Å².